The van der Waals surface area contributed by atoms with Crippen molar-refractivity contribution in [2.75, 3.05) is 0 Å². The fourth-order valence-corrected chi connectivity index (χ4v) is 6.45. The van der Waals surface area contributed by atoms with Gasteiger partial charge in [0.25, 0.3) is 0 Å². The fourth-order valence-electron chi connectivity index (χ4n) is 2.14. The number of rotatable bonds is 4. The number of benzene rings is 3. The summed E-state index contributed by atoms with van der Waals surface area (Å²) < 4.78 is 68.4. The van der Waals surface area contributed by atoms with E-state index in [1.165, 1.54) is 0 Å². The molecule has 0 saturated carbocycles. The Labute approximate surface area is 146 Å². The van der Waals surface area contributed by atoms with Gasteiger partial charge in [-0.3, -0.25) is 0 Å². The first-order valence-electron chi connectivity index (χ1n) is 7.10. The van der Waals surface area contributed by atoms with Crippen molar-refractivity contribution in [2.24, 2.45) is 0 Å². The van der Waals surface area contributed by atoms with E-state index >= 15 is 0 Å². The molecular formula is C18H10F5PS. The van der Waals surface area contributed by atoms with E-state index in [-0.39, 0.29) is 0 Å². The van der Waals surface area contributed by atoms with Gasteiger partial charge in [-0.05, 0) is 10.6 Å². The first-order chi connectivity index (χ1) is 12.0. The maximum Gasteiger partial charge on any atom is 0.200 e. The summed E-state index contributed by atoms with van der Waals surface area (Å²) in [6, 6.07) is 17.6. The summed E-state index contributed by atoms with van der Waals surface area (Å²) >= 11 is 0.653. The highest BCUT2D eigenvalue weighted by molar-refractivity contribution is 8.60. The Morgan fingerprint density at radius 3 is 1.28 bits per heavy atom. The Hall–Kier alpha value is -1.91. The first kappa shape index (κ1) is 17.9. The van der Waals surface area contributed by atoms with Gasteiger partial charge in [0.05, 0.1) is 4.90 Å². The van der Waals surface area contributed by atoms with Crippen LogP contribution in [0.2, 0.25) is 0 Å². The fraction of sp³-hybridized carbons (Fsp3) is 0. The van der Waals surface area contributed by atoms with Crippen LogP contribution in [0.5, 0.6) is 0 Å². The van der Waals surface area contributed by atoms with Gasteiger partial charge in [-0.25, -0.2) is 22.0 Å². The van der Waals surface area contributed by atoms with Gasteiger partial charge < -0.3 is 0 Å². The molecule has 0 radical (unpaired) electrons. The van der Waals surface area contributed by atoms with Crippen molar-refractivity contribution in [2.45, 2.75) is 4.90 Å². The smallest absolute Gasteiger partial charge is 0.200 e. The number of hydrogen-bond acceptors (Lipinski definition) is 1. The van der Waals surface area contributed by atoms with Crippen LogP contribution < -0.4 is 10.6 Å². The molecule has 0 heterocycles. The highest BCUT2D eigenvalue weighted by Gasteiger charge is 2.29. The zero-order valence-corrected chi connectivity index (χ0v) is 14.2. The van der Waals surface area contributed by atoms with Crippen molar-refractivity contribution < 1.29 is 22.0 Å². The predicted molar refractivity (Wildman–Crippen MR) is 91.2 cm³/mol. The van der Waals surface area contributed by atoms with Gasteiger partial charge in [-0.15, -0.1) is 0 Å². The van der Waals surface area contributed by atoms with Gasteiger partial charge >= 0.3 is 0 Å². The summed E-state index contributed by atoms with van der Waals surface area (Å²) in [5.41, 5.74) is 0. The minimum absolute atomic E-state index is 0.653. The van der Waals surface area contributed by atoms with Crippen LogP contribution in [-0.2, 0) is 0 Å². The largest absolute Gasteiger partial charge is 0.202 e. The molecule has 0 aliphatic rings. The molecule has 3 aromatic carbocycles. The molecule has 3 rings (SSSR count). The van der Waals surface area contributed by atoms with Crippen molar-refractivity contribution in [3.8, 4) is 0 Å². The summed E-state index contributed by atoms with van der Waals surface area (Å²) in [7, 11) is -1.41. The average Bonchev–Trinajstić information content (AvgIpc) is 2.66. The van der Waals surface area contributed by atoms with Crippen molar-refractivity contribution in [1.29, 1.82) is 0 Å². The Balaban J connectivity index is 2.12. The van der Waals surface area contributed by atoms with Crippen molar-refractivity contribution in [3.05, 3.63) is 89.7 Å². The van der Waals surface area contributed by atoms with Crippen LogP contribution in [0.3, 0.4) is 0 Å². The monoisotopic (exact) mass is 384 g/mol. The molecule has 0 amide bonds. The van der Waals surface area contributed by atoms with Gasteiger partial charge in [-0.1, -0.05) is 72.0 Å². The Morgan fingerprint density at radius 2 is 0.880 bits per heavy atom. The molecule has 0 aliphatic carbocycles. The van der Waals surface area contributed by atoms with Gasteiger partial charge in [0.2, 0.25) is 5.82 Å². The van der Waals surface area contributed by atoms with Crippen molar-refractivity contribution >= 4 is 29.1 Å². The minimum Gasteiger partial charge on any atom is -0.202 e. The number of hydrogen-bond donors (Lipinski definition) is 0. The van der Waals surface area contributed by atoms with Crippen LogP contribution in [0.4, 0.5) is 22.0 Å². The summed E-state index contributed by atoms with van der Waals surface area (Å²) in [6.07, 6.45) is 0. The molecule has 0 aromatic heterocycles. The Morgan fingerprint density at radius 1 is 0.520 bits per heavy atom. The predicted octanol–water partition coefficient (Wildman–Crippen LogP) is 5.52. The lowest BCUT2D eigenvalue weighted by Gasteiger charge is -2.19. The second kappa shape index (κ2) is 7.54. The van der Waals surface area contributed by atoms with E-state index in [2.05, 4.69) is 0 Å². The van der Waals surface area contributed by atoms with Crippen LogP contribution in [0.15, 0.2) is 65.6 Å². The molecule has 7 heteroatoms. The molecule has 0 N–H and O–H groups in total. The zero-order valence-electron chi connectivity index (χ0n) is 12.5. The third-order valence-electron chi connectivity index (χ3n) is 3.33. The van der Waals surface area contributed by atoms with Gasteiger partial charge in [-0.2, -0.15) is 0 Å². The SMILES string of the molecule is Fc1c(F)c(F)c(SP(c2ccccc2)c2ccccc2)c(F)c1F. The highest BCUT2D eigenvalue weighted by atomic mass is 32.7. The Bertz CT molecular complexity index is 818. The lowest BCUT2D eigenvalue weighted by atomic mass is 10.3. The third kappa shape index (κ3) is 3.55. The summed E-state index contributed by atoms with van der Waals surface area (Å²) in [6.45, 7) is 0. The molecule has 0 bridgehead atoms. The molecule has 0 saturated heterocycles. The minimum atomic E-state index is -2.15. The number of halogens is 5. The zero-order chi connectivity index (χ0) is 18.0. The average molecular weight is 384 g/mol. The lowest BCUT2D eigenvalue weighted by Crippen LogP contribution is -2.10. The molecule has 0 unspecified atom stereocenters. The van der Waals surface area contributed by atoms with E-state index in [0.717, 1.165) is 10.6 Å². The normalized spacial score (nSPS) is 11.1. The summed E-state index contributed by atoms with van der Waals surface area (Å²) in [5.74, 6) is -9.63. The standard InChI is InChI=1S/C18H10F5PS/c19-13-14(20)16(22)18(17(23)15(13)21)25-24(11-7-3-1-4-8-11)12-9-5-2-6-10-12/h1-10H. The van der Waals surface area contributed by atoms with E-state index < -0.39 is 41.1 Å². The summed E-state index contributed by atoms with van der Waals surface area (Å²) in [4.78, 5) is -0.866. The molecule has 0 atom stereocenters. The molecule has 128 valence electrons. The second-order valence-electron chi connectivity index (χ2n) is 4.96. The van der Waals surface area contributed by atoms with Crippen LogP contribution in [0.1, 0.15) is 0 Å². The van der Waals surface area contributed by atoms with Crippen LogP contribution in [0.25, 0.3) is 0 Å². The first-order valence-corrected chi connectivity index (χ1v) is 9.86. The molecule has 25 heavy (non-hydrogen) atoms. The van der Waals surface area contributed by atoms with Crippen molar-refractivity contribution in [1.82, 2.24) is 0 Å². The maximum absolute atomic E-state index is 14.1. The molecule has 0 spiro atoms. The Kier molecular flexibility index (Phi) is 5.40. The van der Waals surface area contributed by atoms with E-state index in [4.69, 9.17) is 0 Å². The van der Waals surface area contributed by atoms with Gasteiger partial charge in [0.1, 0.15) is 0 Å². The topological polar surface area (TPSA) is 0 Å². The van der Waals surface area contributed by atoms with E-state index in [0.29, 0.717) is 11.4 Å². The van der Waals surface area contributed by atoms with Crippen LogP contribution in [0, 0.1) is 29.1 Å². The van der Waals surface area contributed by atoms with Gasteiger partial charge in [0.15, 0.2) is 23.3 Å². The van der Waals surface area contributed by atoms with Crippen LogP contribution >= 0.6 is 18.5 Å². The summed E-state index contributed by atoms with van der Waals surface area (Å²) in [5, 5.41) is 1.50. The quantitative estimate of drug-likeness (QED) is 0.247. The molecule has 3 aromatic rings. The second-order valence-corrected chi connectivity index (χ2v) is 8.81. The van der Waals surface area contributed by atoms with Crippen molar-refractivity contribution in [3.63, 3.8) is 0 Å². The van der Waals surface area contributed by atoms with Crippen LogP contribution in [-0.4, -0.2) is 0 Å². The maximum atomic E-state index is 14.1. The van der Waals surface area contributed by atoms with E-state index in [1.54, 1.807) is 60.7 Å². The molecule has 0 aliphatic heterocycles. The third-order valence-corrected chi connectivity index (χ3v) is 7.95. The molecule has 0 fully saturated rings. The lowest BCUT2D eigenvalue weighted by molar-refractivity contribution is 0.361. The van der Waals surface area contributed by atoms with E-state index in [1.807, 2.05) is 0 Å². The molecule has 0 nitrogen and oxygen atoms in total. The van der Waals surface area contributed by atoms with E-state index in [9.17, 15) is 22.0 Å². The highest BCUT2D eigenvalue weighted by Crippen LogP contribution is 2.53. The molecular weight excluding hydrogens is 374 g/mol. The van der Waals surface area contributed by atoms with Gasteiger partial charge in [0, 0.05) is 7.12 Å².